The average Bonchev–Trinajstić information content (AvgIpc) is 2.81. The SMILES string of the molecule is N#CNC(=NCCO)N1CCC(CNC(=O)c2nccnc2N)(c2ccccc2)CC1. The van der Waals surface area contributed by atoms with Crippen LogP contribution < -0.4 is 16.4 Å². The van der Waals surface area contributed by atoms with Crippen molar-refractivity contribution < 1.29 is 9.90 Å². The lowest BCUT2D eigenvalue weighted by molar-refractivity contribution is 0.0927. The molecule has 0 radical (unpaired) electrons. The number of aromatic nitrogens is 2. The molecule has 1 aromatic heterocycles. The third kappa shape index (κ3) is 5.26. The fraction of sp³-hybridized carbons (Fsp3) is 0.381. The van der Waals surface area contributed by atoms with Gasteiger partial charge in [0.1, 0.15) is 0 Å². The smallest absolute Gasteiger partial charge is 0.273 e. The Labute approximate surface area is 180 Å². The first kappa shape index (κ1) is 22.0. The van der Waals surface area contributed by atoms with Gasteiger partial charge in [-0.2, -0.15) is 5.26 Å². The van der Waals surface area contributed by atoms with Crippen LogP contribution in [0.1, 0.15) is 28.9 Å². The Hall–Kier alpha value is -3.71. The maximum atomic E-state index is 12.7. The van der Waals surface area contributed by atoms with Gasteiger partial charge in [-0.1, -0.05) is 30.3 Å². The van der Waals surface area contributed by atoms with Gasteiger partial charge in [0.05, 0.1) is 13.2 Å². The summed E-state index contributed by atoms with van der Waals surface area (Å²) in [5, 5.41) is 23.7. The molecule has 162 valence electrons. The molecular formula is C21H26N8O2. The van der Waals surface area contributed by atoms with Gasteiger partial charge in [-0.25, -0.2) is 15.0 Å². The largest absolute Gasteiger partial charge is 0.394 e. The summed E-state index contributed by atoms with van der Waals surface area (Å²) in [4.78, 5) is 26.9. The van der Waals surface area contributed by atoms with Gasteiger partial charge in [0.25, 0.3) is 5.91 Å². The number of rotatable bonds is 6. The molecule has 10 heteroatoms. The first-order chi connectivity index (χ1) is 15.1. The standard InChI is InChI=1S/C21H26N8O2/c22-15-28-20(26-10-13-30)29-11-6-21(7-12-29,16-4-2-1-3-5-16)14-27-19(31)17-18(23)25-9-8-24-17/h1-5,8-9,30H,6-7,10-14H2,(H2,23,25)(H,26,28)(H,27,31). The Morgan fingerprint density at radius 3 is 2.61 bits per heavy atom. The van der Waals surface area contributed by atoms with Gasteiger partial charge in [0.15, 0.2) is 17.7 Å². The first-order valence-electron chi connectivity index (χ1n) is 10.1. The Balaban J connectivity index is 1.77. The lowest BCUT2D eigenvalue weighted by Crippen LogP contribution is -2.52. The number of likely N-dealkylation sites (tertiary alicyclic amines) is 1. The van der Waals surface area contributed by atoms with Gasteiger partial charge in [-0.15, -0.1) is 0 Å². The highest BCUT2D eigenvalue weighted by Crippen LogP contribution is 2.35. The van der Waals surface area contributed by atoms with Gasteiger partial charge in [-0.05, 0) is 18.4 Å². The summed E-state index contributed by atoms with van der Waals surface area (Å²) < 4.78 is 0. The molecule has 2 heterocycles. The maximum absolute atomic E-state index is 12.7. The Kier molecular flexibility index (Phi) is 7.35. The molecule has 1 aromatic carbocycles. The average molecular weight is 422 g/mol. The van der Waals surface area contributed by atoms with Crippen molar-refractivity contribution in [1.82, 2.24) is 25.5 Å². The third-order valence-electron chi connectivity index (χ3n) is 5.46. The summed E-state index contributed by atoms with van der Waals surface area (Å²) in [7, 11) is 0. The van der Waals surface area contributed by atoms with Crippen LogP contribution in [0.3, 0.4) is 0 Å². The zero-order valence-electron chi connectivity index (χ0n) is 17.2. The number of hydrogen-bond acceptors (Lipinski definition) is 7. The van der Waals surface area contributed by atoms with Crippen molar-refractivity contribution in [1.29, 1.82) is 5.26 Å². The molecule has 0 bridgehead atoms. The third-order valence-corrected chi connectivity index (χ3v) is 5.46. The number of aliphatic hydroxyl groups excluding tert-OH is 1. The molecule has 0 saturated carbocycles. The van der Waals surface area contributed by atoms with Crippen LogP contribution in [0.5, 0.6) is 0 Å². The van der Waals surface area contributed by atoms with Crippen molar-refractivity contribution in [2.75, 3.05) is 38.5 Å². The highest BCUT2D eigenvalue weighted by molar-refractivity contribution is 5.96. The van der Waals surface area contributed by atoms with E-state index in [0.29, 0.717) is 25.6 Å². The molecule has 3 rings (SSSR count). The van der Waals surface area contributed by atoms with Crippen LogP contribution >= 0.6 is 0 Å². The van der Waals surface area contributed by atoms with Crippen LogP contribution in [0.4, 0.5) is 5.82 Å². The number of nitriles is 1. The summed E-state index contributed by atoms with van der Waals surface area (Å²) in [6, 6.07) is 10.1. The fourth-order valence-electron chi connectivity index (χ4n) is 3.79. The normalized spacial score (nSPS) is 15.7. The van der Waals surface area contributed by atoms with Crippen LogP contribution in [0.2, 0.25) is 0 Å². The lowest BCUT2D eigenvalue weighted by atomic mass is 9.72. The maximum Gasteiger partial charge on any atom is 0.273 e. The van der Waals surface area contributed by atoms with E-state index in [4.69, 9.17) is 16.1 Å². The highest BCUT2D eigenvalue weighted by atomic mass is 16.3. The molecule has 31 heavy (non-hydrogen) atoms. The van der Waals surface area contributed by atoms with E-state index in [1.165, 1.54) is 12.4 Å². The van der Waals surface area contributed by atoms with Gasteiger partial charge in [-0.3, -0.25) is 10.1 Å². The number of anilines is 1. The fourth-order valence-corrected chi connectivity index (χ4v) is 3.79. The van der Waals surface area contributed by atoms with Gasteiger partial charge < -0.3 is 21.1 Å². The van der Waals surface area contributed by atoms with Crippen LogP contribution in [0, 0.1) is 11.5 Å². The second kappa shape index (κ2) is 10.4. The lowest BCUT2D eigenvalue weighted by Gasteiger charge is -2.43. The van der Waals surface area contributed by atoms with Crippen molar-refractivity contribution in [3.05, 3.63) is 54.0 Å². The van der Waals surface area contributed by atoms with Crippen molar-refractivity contribution in [2.45, 2.75) is 18.3 Å². The zero-order chi connectivity index (χ0) is 22.1. The van der Waals surface area contributed by atoms with E-state index in [1.807, 2.05) is 29.3 Å². The quantitative estimate of drug-likeness (QED) is 0.224. The number of hydrogen-bond donors (Lipinski definition) is 4. The van der Waals surface area contributed by atoms with E-state index in [0.717, 1.165) is 18.4 Å². The van der Waals surface area contributed by atoms with E-state index in [2.05, 4.69) is 37.7 Å². The molecule has 0 aliphatic carbocycles. The molecule has 0 unspecified atom stereocenters. The number of carbonyl (C=O) groups is 1. The van der Waals surface area contributed by atoms with Gasteiger partial charge in [0.2, 0.25) is 5.96 Å². The Morgan fingerprint density at radius 2 is 1.97 bits per heavy atom. The molecule has 1 saturated heterocycles. The number of aliphatic hydroxyl groups is 1. The zero-order valence-corrected chi connectivity index (χ0v) is 17.2. The monoisotopic (exact) mass is 422 g/mol. The van der Waals surface area contributed by atoms with Gasteiger partial charge >= 0.3 is 0 Å². The number of carbonyl (C=O) groups excluding carboxylic acids is 1. The molecule has 1 aliphatic heterocycles. The molecule has 1 amide bonds. The molecule has 5 N–H and O–H groups in total. The number of nitrogen functional groups attached to an aromatic ring is 1. The Morgan fingerprint density at radius 1 is 1.26 bits per heavy atom. The number of benzene rings is 1. The molecule has 1 fully saturated rings. The predicted octanol–water partition coefficient (Wildman–Crippen LogP) is 0.241. The van der Waals surface area contributed by atoms with E-state index >= 15 is 0 Å². The number of piperidine rings is 1. The minimum absolute atomic E-state index is 0.0874. The molecule has 1 aliphatic rings. The number of amides is 1. The molecular weight excluding hydrogens is 396 g/mol. The second-order valence-corrected chi connectivity index (χ2v) is 7.27. The molecule has 0 spiro atoms. The molecule has 2 aromatic rings. The molecule has 10 nitrogen and oxygen atoms in total. The van der Waals surface area contributed by atoms with Crippen molar-refractivity contribution >= 4 is 17.7 Å². The van der Waals surface area contributed by atoms with E-state index < -0.39 is 0 Å². The van der Waals surface area contributed by atoms with Crippen LogP contribution in [0.25, 0.3) is 0 Å². The van der Waals surface area contributed by atoms with Crippen molar-refractivity contribution in [3.63, 3.8) is 0 Å². The van der Waals surface area contributed by atoms with Crippen molar-refractivity contribution in [3.8, 4) is 6.19 Å². The number of nitrogens with one attached hydrogen (secondary N) is 2. The minimum Gasteiger partial charge on any atom is -0.394 e. The van der Waals surface area contributed by atoms with Gasteiger partial charge in [0, 0.05) is 37.4 Å². The highest BCUT2D eigenvalue weighted by Gasteiger charge is 2.37. The summed E-state index contributed by atoms with van der Waals surface area (Å²) >= 11 is 0. The van der Waals surface area contributed by atoms with E-state index in [1.54, 1.807) is 0 Å². The minimum atomic E-state index is -0.361. The van der Waals surface area contributed by atoms with Crippen LogP contribution in [0.15, 0.2) is 47.7 Å². The van der Waals surface area contributed by atoms with Crippen LogP contribution in [-0.2, 0) is 5.41 Å². The van der Waals surface area contributed by atoms with Crippen molar-refractivity contribution in [2.24, 2.45) is 4.99 Å². The predicted molar refractivity (Wildman–Crippen MR) is 116 cm³/mol. The Bertz CT molecular complexity index is 949. The topological polar surface area (TPSA) is 153 Å². The summed E-state index contributed by atoms with van der Waals surface area (Å²) in [5.74, 6) is 0.185. The van der Waals surface area contributed by atoms with E-state index in [9.17, 15) is 4.79 Å². The molecule has 0 atom stereocenters. The number of nitrogens with zero attached hydrogens (tertiary/aromatic N) is 5. The number of nitrogens with two attached hydrogens (primary N) is 1. The summed E-state index contributed by atoms with van der Waals surface area (Å²) in [6.07, 6.45) is 6.25. The van der Waals surface area contributed by atoms with E-state index in [-0.39, 0.29) is 36.0 Å². The number of guanidine groups is 1. The second-order valence-electron chi connectivity index (χ2n) is 7.27. The first-order valence-corrected chi connectivity index (χ1v) is 10.1. The summed E-state index contributed by atoms with van der Waals surface area (Å²) in [5.41, 5.74) is 6.74. The number of aliphatic imine (C=N–C) groups is 1. The van der Waals surface area contributed by atoms with Crippen LogP contribution in [-0.4, -0.2) is 64.6 Å². The summed E-state index contributed by atoms with van der Waals surface area (Å²) in [6.45, 7) is 1.82.